The Hall–Kier alpha value is -3.60. The third kappa shape index (κ3) is 18.5. The molecule has 0 radical (unpaired) electrons. The van der Waals surface area contributed by atoms with Crippen molar-refractivity contribution in [3.05, 3.63) is 0 Å². The molecule has 101 heavy (non-hydrogen) atoms. The molecule has 8 aliphatic rings. The molecule has 40 atom stereocenters. The Morgan fingerprint density at radius 2 is 0.535 bits per heavy atom. The van der Waals surface area contributed by atoms with Gasteiger partial charge in [-0.15, -0.1) is 0 Å². The molecular formula is C56H94N4O41. The molecule has 0 bridgehead atoms. The second kappa shape index (κ2) is 36.3. The first-order chi connectivity index (χ1) is 47.8. The van der Waals surface area contributed by atoms with Gasteiger partial charge in [0.2, 0.25) is 23.6 Å². The minimum atomic E-state index is -2.54. The summed E-state index contributed by atoms with van der Waals surface area (Å²) in [5.74, 6) is -3.54. The van der Waals surface area contributed by atoms with Crippen LogP contribution >= 0.6 is 0 Å². The van der Waals surface area contributed by atoms with E-state index in [0.717, 1.165) is 27.7 Å². The van der Waals surface area contributed by atoms with Crippen LogP contribution in [0.25, 0.3) is 0 Å². The fraction of sp³-hybridized carbons (Fsp3) is 0.929. The quantitative estimate of drug-likeness (QED) is 0.0382. The molecular weight excluding hydrogens is 1380 g/mol. The van der Waals surface area contributed by atoms with Gasteiger partial charge in [-0.05, 0) is 0 Å². The standard InChI is InChI=1S/C56H94N4O41/c1-13(68)57-25-34(77)43(21(9-65)88-49(25)86)96-51-27(59-15(3)70)35(78)45(23(11-67)93-51)98-55-42(85)47(100-54-41(84)38(81)31(74)19(7-63)91-54)46(99-50-26(58-14(2)69)33(76)29(72)17(5-61)89-50)24(95-55)12-87-56-48(39(82)32(75)20(8-64)92-56)101-52-28(60-16(4)71)36(79)44(22(10-66)94-52)97-53-40(83)37(80)30(73)18(6-62)90-53/h17-56,61-67,72-86H,5-12H2,1-4H3,(H,57,68)(H,58,69)(H,59,70)(H,60,71)/t17-,18-,19-,20-,21-,22-,23-,24-,25-,26-,27-,28-,29-,30+,31-,32-,33+,34-,35-,36-,37+,38+,39+,40-,41+,42+,43-,44-,45-,46-,47-,48+,49?,50+,51+,52+,53+,54-,55+,56+/m1/s1. The van der Waals surface area contributed by atoms with Crippen molar-refractivity contribution in [1.29, 1.82) is 0 Å². The molecule has 8 saturated heterocycles. The summed E-state index contributed by atoms with van der Waals surface area (Å²) in [4.78, 5) is 50.7. The van der Waals surface area contributed by atoms with Gasteiger partial charge in [-0.3, -0.25) is 19.2 Å². The number of aliphatic hydroxyl groups is 22. The van der Waals surface area contributed by atoms with Gasteiger partial charge in [0.1, 0.15) is 195 Å². The van der Waals surface area contributed by atoms with E-state index in [0.29, 0.717) is 0 Å². The molecule has 26 N–H and O–H groups in total. The van der Waals surface area contributed by atoms with Gasteiger partial charge in [0, 0.05) is 27.7 Å². The van der Waals surface area contributed by atoms with E-state index >= 15 is 0 Å². The third-order valence-electron chi connectivity index (χ3n) is 18.2. The highest BCUT2D eigenvalue weighted by Crippen LogP contribution is 2.40. The van der Waals surface area contributed by atoms with Crippen molar-refractivity contribution in [2.75, 3.05) is 52.9 Å². The Bertz CT molecular complexity index is 2640. The van der Waals surface area contributed by atoms with Gasteiger partial charge in [-0.1, -0.05) is 0 Å². The Labute approximate surface area is 572 Å². The average Bonchev–Trinajstić information content (AvgIpc) is 0.769. The van der Waals surface area contributed by atoms with Crippen LogP contribution in [0.3, 0.4) is 0 Å². The van der Waals surface area contributed by atoms with Crippen molar-refractivity contribution in [1.82, 2.24) is 21.3 Å². The van der Waals surface area contributed by atoms with Crippen molar-refractivity contribution in [3.63, 3.8) is 0 Å². The van der Waals surface area contributed by atoms with Crippen LogP contribution < -0.4 is 21.3 Å². The van der Waals surface area contributed by atoms with Gasteiger partial charge in [0.05, 0.1) is 52.9 Å². The average molecular weight is 1480 g/mol. The van der Waals surface area contributed by atoms with E-state index in [-0.39, 0.29) is 0 Å². The Kier molecular flexibility index (Phi) is 29.9. The van der Waals surface area contributed by atoms with Crippen molar-refractivity contribution in [2.24, 2.45) is 0 Å². The maximum absolute atomic E-state index is 13.0. The molecule has 0 saturated carbocycles. The maximum Gasteiger partial charge on any atom is 0.217 e. The first-order valence-electron chi connectivity index (χ1n) is 32.1. The minimum absolute atomic E-state index is 0.775. The Morgan fingerprint density at radius 1 is 0.257 bits per heavy atom. The molecule has 0 aromatic rings. The molecule has 0 aliphatic carbocycles. The number of nitrogens with one attached hydrogen (secondary N) is 4. The van der Waals surface area contributed by atoms with E-state index in [1.165, 1.54) is 0 Å². The number of aliphatic hydroxyl groups excluding tert-OH is 22. The Balaban J connectivity index is 1.19. The summed E-state index contributed by atoms with van der Waals surface area (Å²) in [7, 11) is 0. The van der Waals surface area contributed by atoms with Gasteiger partial charge in [0.25, 0.3) is 0 Å². The highest BCUT2D eigenvalue weighted by molar-refractivity contribution is 5.74. The van der Waals surface area contributed by atoms with Gasteiger partial charge in [0.15, 0.2) is 50.3 Å². The molecule has 0 spiro atoms. The van der Waals surface area contributed by atoms with Crippen LogP contribution in [0.15, 0.2) is 0 Å². The van der Waals surface area contributed by atoms with Crippen LogP contribution in [-0.2, 0) is 90.2 Å². The molecule has 0 aromatic carbocycles. The second-order valence-electron chi connectivity index (χ2n) is 25.4. The number of hydrogen-bond donors (Lipinski definition) is 26. The third-order valence-corrected chi connectivity index (χ3v) is 18.2. The van der Waals surface area contributed by atoms with Crippen molar-refractivity contribution in [2.45, 2.75) is 273 Å². The highest BCUT2D eigenvalue weighted by atomic mass is 16.8. The monoisotopic (exact) mass is 1480 g/mol. The largest absolute Gasteiger partial charge is 0.394 e. The topological polar surface area (TPSA) is 700 Å². The summed E-state index contributed by atoms with van der Waals surface area (Å²) in [5, 5.41) is 252. The lowest BCUT2D eigenvalue weighted by molar-refractivity contribution is -0.401. The number of rotatable bonds is 26. The van der Waals surface area contributed by atoms with Crippen LogP contribution in [0.1, 0.15) is 27.7 Å². The van der Waals surface area contributed by atoms with E-state index in [2.05, 4.69) is 21.3 Å². The molecule has 584 valence electrons. The van der Waals surface area contributed by atoms with E-state index in [1.54, 1.807) is 0 Å². The van der Waals surface area contributed by atoms with Gasteiger partial charge in [-0.2, -0.15) is 0 Å². The number of ether oxygens (including phenoxy) is 15. The predicted molar refractivity (Wildman–Crippen MR) is 311 cm³/mol. The lowest BCUT2D eigenvalue weighted by atomic mass is 9.93. The molecule has 8 fully saturated rings. The summed E-state index contributed by atoms with van der Waals surface area (Å²) in [6.45, 7) is -4.80. The first kappa shape index (κ1) is 83.0. The lowest BCUT2D eigenvalue weighted by Gasteiger charge is -2.52. The van der Waals surface area contributed by atoms with E-state index < -0.39 is 322 Å². The highest BCUT2D eigenvalue weighted by Gasteiger charge is 2.60. The SMILES string of the molecule is CC(=O)N[C@H]1[C@H](O[C@H]2[C@H](O[C@H]3O[C@H](CO)[C@@H](O)[C@H](O)[C@@H]3O)[C@H](O)[C@H](O[C@H]3[C@H](O)[C@@H](NC(C)=O)[C@H](O[C@H]4[C@H](O)[C@@H](NC(C)=O)C(O)O[C@@H]4CO)O[C@@H]3CO)O[C@@H]2CO[C@H]2O[C@H](CO)[C@@H](O)[C@H](O)[C@@H]2O[C@@H]2O[C@H](CO)[C@@H](O[C@@H]3O[C@H](CO)[C@H](O)[C@H](O)[C@H]3O)[C@H](O)[C@H]2NC(C)=O)O[C@H](CO)[C@@H](O)[C@H]1O. The van der Waals surface area contributed by atoms with E-state index in [4.69, 9.17) is 71.1 Å². The molecule has 45 heteroatoms. The molecule has 4 amide bonds. The molecule has 1 unspecified atom stereocenters. The zero-order valence-corrected chi connectivity index (χ0v) is 54.3. The lowest BCUT2D eigenvalue weighted by Crippen LogP contribution is -2.71. The van der Waals surface area contributed by atoms with Crippen LogP contribution in [0, 0.1) is 0 Å². The summed E-state index contributed by atoms with van der Waals surface area (Å²) < 4.78 is 89.8. The fourth-order valence-corrected chi connectivity index (χ4v) is 13.0. The number of carbonyl (C=O) groups excluding carboxylic acids is 4. The minimum Gasteiger partial charge on any atom is -0.394 e. The van der Waals surface area contributed by atoms with E-state index in [1.807, 2.05) is 0 Å². The molecule has 8 aliphatic heterocycles. The number of carbonyl (C=O) groups is 4. The zero-order chi connectivity index (χ0) is 74.5. The Morgan fingerprint density at radius 3 is 0.941 bits per heavy atom. The second-order valence-corrected chi connectivity index (χ2v) is 25.4. The van der Waals surface area contributed by atoms with Crippen LogP contribution in [-0.4, -0.2) is 434 Å². The molecule has 0 aromatic heterocycles. The maximum atomic E-state index is 13.0. The summed E-state index contributed by atoms with van der Waals surface area (Å²) >= 11 is 0. The van der Waals surface area contributed by atoms with Gasteiger partial charge in [-0.25, -0.2) is 0 Å². The summed E-state index contributed by atoms with van der Waals surface area (Å²) in [5.41, 5.74) is 0. The zero-order valence-electron chi connectivity index (χ0n) is 54.3. The van der Waals surface area contributed by atoms with Crippen molar-refractivity contribution >= 4 is 23.6 Å². The van der Waals surface area contributed by atoms with Crippen LogP contribution in [0.2, 0.25) is 0 Å². The smallest absolute Gasteiger partial charge is 0.217 e. The number of amides is 4. The van der Waals surface area contributed by atoms with Crippen molar-refractivity contribution < 1.29 is 203 Å². The molecule has 8 heterocycles. The van der Waals surface area contributed by atoms with Crippen LogP contribution in [0.4, 0.5) is 0 Å². The fourth-order valence-electron chi connectivity index (χ4n) is 13.0. The normalized spacial score (nSPS) is 48.3. The number of hydrogen-bond acceptors (Lipinski definition) is 41. The van der Waals surface area contributed by atoms with Gasteiger partial charge >= 0.3 is 0 Å². The van der Waals surface area contributed by atoms with E-state index in [9.17, 15) is 132 Å². The summed E-state index contributed by atoms with van der Waals surface area (Å²) in [6.07, 6.45) is -74.3. The summed E-state index contributed by atoms with van der Waals surface area (Å²) in [6, 6.07) is -7.32. The van der Waals surface area contributed by atoms with Crippen LogP contribution in [0.5, 0.6) is 0 Å². The van der Waals surface area contributed by atoms with Gasteiger partial charge < -0.3 is 205 Å². The molecule has 45 nitrogen and oxygen atoms in total. The first-order valence-corrected chi connectivity index (χ1v) is 32.1. The predicted octanol–water partition coefficient (Wildman–Crippen LogP) is -17.9. The van der Waals surface area contributed by atoms with Crippen molar-refractivity contribution in [3.8, 4) is 0 Å². The molecule has 8 rings (SSSR count).